The van der Waals surface area contributed by atoms with Crippen LogP contribution in [0.2, 0.25) is 0 Å². The van der Waals surface area contributed by atoms with E-state index >= 15 is 0 Å². The highest BCUT2D eigenvalue weighted by atomic mass is 16.5. The molecule has 1 aromatic heterocycles. The quantitative estimate of drug-likeness (QED) is 0.858. The number of amides is 1. The lowest BCUT2D eigenvalue weighted by molar-refractivity contribution is 0.0602. The summed E-state index contributed by atoms with van der Waals surface area (Å²) in [5.41, 5.74) is 2.28. The molecule has 1 aliphatic rings. The van der Waals surface area contributed by atoms with Gasteiger partial charge in [-0.25, -0.2) is 4.79 Å². The SMILES string of the molecule is COC(=O)c1cc(N2CCOCC2)ccc1NC(=O)c1occc1C. The van der Waals surface area contributed by atoms with Crippen LogP contribution in [-0.4, -0.2) is 45.3 Å². The van der Waals surface area contributed by atoms with Crippen molar-refractivity contribution in [2.45, 2.75) is 6.92 Å². The molecule has 3 rings (SSSR count). The summed E-state index contributed by atoms with van der Waals surface area (Å²) in [6, 6.07) is 7.00. The fourth-order valence-electron chi connectivity index (χ4n) is 2.72. The van der Waals surface area contributed by atoms with Gasteiger partial charge in [-0.15, -0.1) is 0 Å². The molecule has 1 aliphatic heterocycles. The number of anilines is 2. The average Bonchev–Trinajstić information content (AvgIpc) is 3.08. The van der Waals surface area contributed by atoms with Crippen LogP contribution in [0.1, 0.15) is 26.5 Å². The Kier molecular flexibility index (Phi) is 5.04. The number of carbonyl (C=O) groups is 2. The molecule has 0 spiro atoms. The third kappa shape index (κ3) is 3.66. The van der Waals surface area contributed by atoms with E-state index in [0.717, 1.165) is 24.3 Å². The summed E-state index contributed by atoms with van der Waals surface area (Å²) in [4.78, 5) is 26.6. The Morgan fingerprint density at radius 2 is 1.96 bits per heavy atom. The minimum absolute atomic E-state index is 0.216. The largest absolute Gasteiger partial charge is 0.465 e. The molecule has 0 unspecified atom stereocenters. The molecule has 0 saturated carbocycles. The molecule has 7 nitrogen and oxygen atoms in total. The van der Waals surface area contributed by atoms with E-state index in [1.54, 1.807) is 25.1 Å². The van der Waals surface area contributed by atoms with Crippen LogP contribution in [0.3, 0.4) is 0 Å². The van der Waals surface area contributed by atoms with Crippen molar-refractivity contribution in [3.05, 3.63) is 47.4 Å². The number of carbonyl (C=O) groups excluding carboxylic acids is 2. The molecule has 0 bridgehead atoms. The van der Waals surface area contributed by atoms with Crippen molar-refractivity contribution in [1.82, 2.24) is 0 Å². The first-order valence-electron chi connectivity index (χ1n) is 8.00. The topological polar surface area (TPSA) is 81.0 Å². The molecule has 25 heavy (non-hydrogen) atoms. The number of furan rings is 1. The number of aryl methyl sites for hydroxylation is 1. The number of hydrogen-bond donors (Lipinski definition) is 1. The molecule has 2 aromatic rings. The van der Waals surface area contributed by atoms with E-state index in [4.69, 9.17) is 13.9 Å². The van der Waals surface area contributed by atoms with Crippen molar-refractivity contribution in [2.75, 3.05) is 43.6 Å². The molecule has 0 aliphatic carbocycles. The highest BCUT2D eigenvalue weighted by Gasteiger charge is 2.20. The number of methoxy groups -OCH3 is 1. The molecule has 1 aromatic carbocycles. The minimum atomic E-state index is -0.512. The molecule has 1 amide bonds. The van der Waals surface area contributed by atoms with Crippen LogP contribution >= 0.6 is 0 Å². The van der Waals surface area contributed by atoms with Gasteiger partial charge in [0, 0.05) is 24.3 Å². The van der Waals surface area contributed by atoms with E-state index in [1.165, 1.54) is 13.4 Å². The molecule has 0 atom stereocenters. The summed E-state index contributed by atoms with van der Waals surface area (Å²) >= 11 is 0. The predicted molar refractivity (Wildman–Crippen MR) is 92.2 cm³/mol. The second-order valence-electron chi connectivity index (χ2n) is 5.71. The van der Waals surface area contributed by atoms with E-state index in [0.29, 0.717) is 24.5 Å². The molecule has 7 heteroatoms. The number of nitrogens with one attached hydrogen (secondary N) is 1. The number of rotatable bonds is 4. The number of benzene rings is 1. The van der Waals surface area contributed by atoms with Gasteiger partial charge >= 0.3 is 5.97 Å². The second kappa shape index (κ2) is 7.40. The van der Waals surface area contributed by atoms with Gasteiger partial charge < -0.3 is 24.1 Å². The maximum absolute atomic E-state index is 12.4. The fraction of sp³-hybridized carbons (Fsp3) is 0.333. The number of ether oxygens (including phenoxy) is 2. The van der Waals surface area contributed by atoms with Crippen LogP contribution in [0.4, 0.5) is 11.4 Å². The van der Waals surface area contributed by atoms with Crippen LogP contribution in [0, 0.1) is 6.92 Å². The molecular formula is C18H20N2O5. The molecule has 1 saturated heterocycles. The van der Waals surface area contributed by atoms with Gasteiger partial charge in [-0.05, 0) is 31.2 Å². The van der Waals surface area contributed by atoms with Crippen molar-refractivity contribution in [3.63, 3.8) is 0 Å². The summed E-state index contributed by atoms with van der Waals surface area (Å²) in [6.07, 6.45) is 1.45. The normalized spacial score (nSPS) is 14.2. The number of esters is 1. The lowest BCUT2D eigenvalue weighted by atomic mass is 10.1. The minimum Gasteiger partial charge on any atom is -0.465 e. The third-order valence-corrected chi connectivity index (χ3v) is 4.10. The zero-order valence-corrected chi connectivity index (χ0v) is 14.2. The van der Waals surface area contributed by atoms with Crippen molar-refractivity contribution < 1.29 is 23.5 Å². The number of hydrogen-bond acceptors (Lipinski definition) is 6. The van der Waals surface area contributed by atoms with Gasteiger partial charge in [0.25, 0.3) is 5.91 Å². The van der Waals surface area contributed by atoms with Crippen LogP contribution in [0.25, 0.3) is 0 Å². The summed E-state index contributed by atoms with van der Waals surface area (Å²) in [6.45, 7) is 4.56. The Bertz CT molecular complexity index is 778. The van der Waals surface area contributed by atoms with Crippen LogP contribution in [0.15, 0.2) is 34.9 Å². The van der Waals surface area contributed by atoms with Crippen LogP contribution in [-0.2, 0) is 9.47 Å². The van der Waals surface area contributed by atoms with Gasteiger partial charge in [0.05, 0.1) is 37.8 Å². The summed E-state index contributed by atoms with van der Waals surface area (Å²) in [5, 5.41) is 2.72. The van der Waals surface area contributed by atoms with Gasteiger partial charge in [-0.1, -0.05) is 0 Å². The van der Waals surface area contributed by atoms with E-state index < -0.39 is 11.9 Å². The monoisotopic (exact) mass is 344 g/mol. The highest BCUT2D eigenvalue weighted by molar-refractivity contribution is 6.07. The van der Waals surface area contributed by atoms with E-state index in [-0.39, 0.29) is 5.76 Å². The van der Waals surface area contributed by atoms with Crippen molar-refractivity contribution >= 4 is 23.3 Å². The van der Waals surface area contributed by atoms with Crippen molar-refractivity contribution in [2.24, 2.45) is 0 Å². The summed E-state index contributed by atoms with van der Waals surface area (Å²) < 4.78 is 15.4. The molecule has 0 radical (unpaired) electrons. The van der Waals surface area contributed by atoms with Gasteiger partial charge in [0.15, 0.2) is 5.76 Å². The predicted octanol–water partition coefficient (Wildman–Crippen LogP) is 2.46. The van der Waals surface area contributed by atoms with E-state index in [9.17, 15) is 9.59 Å². The number of nitrogens with zero attached hydrogens (tertiary/aromatic N) is 1. The van der Waals surface area contributed by atoms with E-state index in [1.807, 2.05) is 6.07 Å². The molecule has 1 N–H and O–H groups in total. The smallest absolute Gasteiger partial charge is 0.340 e. The Labute approximate surface area is 145 Å². The maximum Gasteiger partial charge on any atom is 0.340 e. The Balaban J connectivity index is 1.88. The average molecular weight is 344 g/mol. The summed E-state index contributed by atoms with van der Waals surface area (Å²) in [5.74, 6) is -0.707. The zero-order chi connectivity index (χ0) is 17.8. The molecule has 2 heterocycles. The van der Waals surface area contributed by atoms with Gasteiger partial charge in [0.2, 0.25) is 0 Å². The zero-order valence-electron chi connectivity index (χ0n) is 14.2. The highest BCUT2D eigenvalue weighted by Crippen LogP contribution is 2.26. The van der Waals surface area contributed by atoms with Gasteiger partial charge in [-0.3, -0.25) is 4.79 Å². The Morgan fingerprint density at radius 1 is 1.20 bits per heavy atom. The fourth-order valence-corrected chi connectivity index (χ4v) is 2.72. The van der Waals surface area contributed by atoms with Crippen LogP contribution < -0.4 is 10.2 Å². The third-order valence-electron chi connectivity index (χ3n) is 4.10. The summed E-state index contributed by atoms with van der Waals surface area (Å²) in [7, 11) is 1.31. The number of morpholine rings is 1. The van der Waals surface area contributed by atoms with Gasteiger partial charge in [-0.2, -0.15) is 0 Å². The molecule has 1 fully saturated rings. The lowest BCUT2D eigenvalue weighted by Gasteiger charge is -2.29. The van der Waals surface area contributed by atoms with Crippen molar-refractivity contribution in [3.8, 4) is 0 Å². The molecule has 132 valence electrons. The van der Waals surface area contributed by atoms with Crippen molar-refractivity contribution in [1.29, 1.82) is 0 Å². The first-order valence-corrected chi connectivity index (χ1v) is 8.00. The van der Waals surface area contributed by atoms with Gasteiger partial charge in [0.1, 0.15) is 0 Å². The van der Waals surface area contributed by atoms with Crippen LogP contribution in [0.5, 0.6) is 0 Å². The first kappa shape index (κ1) is 17.0. The maximum atomic E-state index is 12.4. The second-order valence-corrected chi connectivity index (χ2v) is 5.71. The standard InChI is InChI=1S/C18H20N2O5/c1-12-5-8-25-16(12)17(21)19-15-4-3-13(11-14(15)18(22)23-2)20-6-9-24-10-7-20/h3-5,8,11H,6-7,9-10H2,1-2H3,(H,19,21). The first-order chi connectivity index (χ1) is 12.1. The Hall–Kier alpha value is -2.80. The Morgan fingerprint density at radius 3 is 2.60 bits per heavy atom. The lowest BCUT2D eigenvalue weighted by Crippen LogP contribution is -2.36. The molecular weight excluding hydrogens is 324 g/mol. The van der Waals surface area contributed by atoms with E-state index in [2.05, 4.69) is 10.2 Å².